The lowest BCUT2D eigenvalue weighted by Crippen LogP contribution is -2.52. The first kappa shape index (κ1) is 18.0. The van der Waals surface area contributed by atoms with Gasteiger partial charge in [0.15, 0.2) is 0 Å². The van der Waals surface area contributed by atoms with Gasteiger partial charge in [-0.25, -0.2) is 0 Å². The molecule has 0 unspecified atom stereocenters. The van der Waals surface area contributed by atoms with Crippen molar-refractivity contribution in [2.45, 2.75) is 51.0 Å². The van der Waals surface area contributed by atoms with Crippen molar-refractivity contribution >= 4 is 16.8 Å². The zero-order valence-electron chi connectivity index (χ0n) is 15.3. The summed E-state index contributed by atoms with van der Waals surface area (Å²) in [5, 5.41) is 13.6. The Labute approximate surface area is 148 Å². The third-order valence-electron chi connectivity index (χ3n) is 5.15. The first-order chi connectivity index (χ1) is 11.8. The summed E-state index contributed by atoms with van der Waals surface area (Å²) >= 11 is 0. The minimum atomic E-state index is -0.377. The highest BCUT2D eigenvalue weighted by Crippen LogP contribution is 2.28. The molecule has 1 aromatic heterocycles. The first-order valence-corrected chi connectivity index (χ1v) is 8.97. The van der Waals surface area contributed by atoms with Gasteiger partial charge in [-0.1, -0.05) is 26.8 Å². The second-order valence-electron chi connectivity index (χ2n) is 8.06. The Bertz CT molecular complexity index is 746. The van der Waals surface area contributed by atoms with E-state index in [1.165, 1.54) is 5.56 Å². The minimum absolute atomic E-state index is 0.0575. The number of aliphatic hydroxyl groups is 1. The summed E-state index contributed by atoms with van der Waals surface area (Å²) in [6.45, 7) is 7.82. The molecular weight excluding hydrogens is 316 g/mol. The van der Waals surface area contributed by atoms with E-state index in [4.69, 9.17) is 4.74 Å². The van der Waals surface area contributed by atoms with E-state index in [9.17, 15) is 9.90 Å². The maximum Gasteiger partial charge on any atom is 0.268 e. The molecule has 0 radical (unpaired) electrons. The Morgan fingerprint density at radius 1 is 1.28 bits per heavy atom. The van der Waals surface area contributed by atoms with Crippen LogP contribution in [0.5, 0.6) is 0 Å². The number of benzene rings is 1. The van der Waals surface area contributed by atoms with E-state index in [1.54, 1.807) is 0 Å². The Morgan fingerprint density at radius 3 is 2.64 bits per heavy atom. The maximum atomic E-state index is 12.8. The third-order valence-corrected chi connectivity index (χ3v) is 5.15. The molecule has 1 aliphatic heterocycles. The van der Waals surface area contributed by atoms with Crippen LogP contribution >= 0.6 is 0 Å². The number of H-pyrrole nitrogens is 1. The fraction of sp³-hybridized carbons (Fsp3) is 0.550. The van der Waals surface area contributed by atoms with Gasteiger partial charge in [0.1, 0.15) is 5.69 Å². The molecule has 0 aliphatic carbocycles. The van der Waals surface area contributed by atoms with E-state index in [0.717, 1.165) is 23.7 Å². The Morgan fingerprint density at radius 2 is 2.00 bits per heavy atom. The van der Waals surface area contributed by atoms with Gasteiger partial charge in [0.2, 0.25) is 0 Å². The summed E-state index contributed by atoms with van der Waals surface area (Å²) in [5.74, 6) is -0.121. The normalized spacial score (nSPS) is 17.6. The molecular formula is C20H28N2O3. The number of fused-ring (bicyclic) bond motifs is 1. The second-order valence-corrected chi connectivity index (χ2v) is 8.06. The van der Waals surface area contributed by atoms with Gasteiger partial charge in [-0.3, -0.25) is 4.79 Å². The van der Waals surface area contributed by atoms with E-state index < -0.39 is 0 Å². The van der Waals surface area contributed by atoms with Crippen molar-refractivity contribution in [3.63, 3.8) is 0 Å². The van der Waals surface area contributed by atoms with Crippen LogP contribution in [0.3, 0.4) is 0 Å². The topological polar surface area (TPSA) is 74.4 Å². The number of aliphatic hydroxyl groups excluding tert-OH is 1. The zero-order valence-corrected chi connectivity index (χ0v) is 15.3. The van der Waals surface area contributed by atoms with Crippen LogP contribution in [0, 0.1) is 0 Å². The van der Waals surface area contributed by atoms with Gasteiger partial charge in [-0.2, -0.15) is 0 Å². The maximum absolute atomic E-state index is 12.8. The van der Waals surface area contributed by atoms with Crippen molar-refractivity contribution in [1.29, 1.82) is 0 Å². The van der Waals surface area contributed by atoms with Crippen LogP contribution in [0.2, 0.25) is 0 Å². The lowest BCUT2D eigenvalue weighted by Gasteiger charge is -2.37. The summed E-state index contributed by atoms with van der Waals surface area (Å²) in [4.78, 5) is 16.0. The molecule has 2 heterocycles. The summed E-state index contributed by atoms with van der Waals surface area (Å²) in [5.41, 5.74) is 2.46. The number of carbonyl (C=O) groups is 1. The van der Waals surface area contributed by atoms with Gasteiger partial charge in [0.05, 0.1) is 0 Å². The van der Waals surface area contributed by atoms with Crippen molar-refractivity contribution < 1.29 is 14.6 Å². The molecule has 0 saturated carbocycles. The summed E-state index contributed by atoms with van der Waals surface area (Å²) in [6.07, 6.45) is 2.01. The molecule has 1 aliphatic rings. The number of aromatic amines is 1. The molecule has 3 N–H and O–H groups in total. The molecule has 0 atom stereocenters. The fourth-order valence-electron chi connectivity index (χ4n) is 3.44. The second kappa shape index (κ2) is 6.81. The predicted octanol–water partition coefficient (Wildman–Crippen LogP) is 3.13. The van der Waals surface area contributed by atoms with Crippen LogP contribution < -0.4 is 5.32 Å². The van der Waals surface area contributed by atoms with Crippen molar-refractivity contribution in [1.82, 2.24) is 10.3 Å². The molecule has 2 aromatic rings. The monoisotopic (exact) mass is 344 g/mol. The van der Waals surface area contributed by atoms with Crippen LogP contribution in [-0.4, -0.2) is 41.4 Å². The summed E-state index contributed by atoms with van der Waals surface area (Å²) in [7, 11) is 0. The molecule has 0 bridgehead atoms. The van der Waals surface area contributed by atoms with E-state index >= 15 is 0 Å². The molecule has 1 saturated heterocycles. The lowest BCUT2D eigenvalue weighted by atomic mass is 9.86. The van der Waals surface area contributed by atoms with Crippen molar-refractivity contribution in [2.75, 3.05) is 19.8 Å². The highest BCUT2D eigenvalue weighted by atomic mass is 16.5. The van der Waals surface area contributed by atoms with E-state index in [1.807, 2.05) is 12.1 Å². The minimum Gasteiger partial charge on any atom is -0.396 e. The van der Waals surface area contributed by atoms with Gasteiger partial charge in [0, 0.05) is 36.3 Å². The number of rotatable bonds is 4. The molecule has 5 heteroatoms. The number of hydrogen-bond donors (Lipinski definition) is 3. The molecule has 0 spiro atoms. The van der Waals surface area contributed by atoms with Gasteiger partial charge < -0.3 is 20.1 Å². The Balaban J connectivity index is 1.84. The summed E-state index contributed by atoms with van der Waals surface area (Å²) in [6, 6.07) is 8.18. The number of ether oxygens (including phenoxy) is 1. The predicted molar refractivity (Wildman–Crippen MR) is 99.0 cm³/mol. The van der Waals surface area contributed by atoms with Crippen molar-refractivity contribution in [2.24, 2.45) is 0 Å². The van der Waals surface area contributed by atoms with Gasteiger partial charge in [0.25, 0.3) is 5.91 Å². The highest BCUT2D eigenvalue weighted by Gasteiger charge is 2.34. The van der Waals surface area contributed by atoms with Crippen LogP contribution in [0.1, 0.15) is 56.1 Å². The van der Waals surface area contributed by atoms with Crippen LogP contribution in [0.25, 0.3) is 10.9 Å². The van der Waals surface area contributed by atoms with E-state index in [2.05, 4.69) is 43.2 Å². The molecule has 1 fully saturated rings. The fourth-order valence-corrected chi connectivity index (χ4v) is 3.44. The third kappa shape index (κ3) is 3.88. The highest BCUT2D eigenvalue weighted by molar-refractivity contribution is 5.98. The number of nitrogens with one attached hydrogen (secondary N) is 2. The molecule has 3 rings (SSSR count). The quantitative estimate of drug-likeness (QED) is 0.798. The Kier molecular flexibility index (Phi) is 4.89. The molecule has 5 nitrogen and oxygen atoms in total. The smallest absolute Gasteiger partial charge is 0.268 e. The average molecular weight is 344 g/mol. The van der Waals surface area contributed by atoms with Gasteiger partial charge >= 0.3 is 0 Å². The Hall–Kier alpha value is -1.85. The van der Waals surface area contributed by atoms with E-state index in [-0.39, 0.29) is 23.5 Å². The SMILES string of the molecule is CC(C)(C)c1ccc2[nH]c(C(=O)NC3(CCO)CCOCC3)cc2c1. The first-order valence-electron chi connectivity index (χ1n) is 8.97. The van der Waals surface area contributed by atoms with Crippen molar-refractivity contribution in [3.05, 3.63) is 35.5 Å². The van der Waals surface area contributed by atoms with Crippen LogP contribution in [-0.2, 0) is 10.2 Å². The van der Waals surface area contributed by atoms with E-state index in [0.29, 0.717) is 25.3 Å². The van der Waals surface area contributed by atoms with Crippen LogP contribution in [0.4, 0.5) is 0 Å². The number of carbonyl (C=O) groups excluding carboxylic acids is 1. The lowest BCUT2D eigenvalue weighted by molar-refractivity contribution is 0.0266. The van der Waals surface area contributed by atoms with Crippen LogP contribution in [0.15, 0.2) is 24.3 Å². The number of hydrogen-bond acceptors (Lipinski definition) is 3. The van der Waals surface area contributed by atoms with Gasteiger partial charge in [-0.15, -0.1) is 0 Å². The molecule has 136 valence electrons. The standard InChI is InChI=1S/C20H28N2O3/c1-19(2,3)15-4-5-16-14(12-15)13-17(21-16)18(24)22-20(6-9-23)7-10-25-11-8-20/h4-5,12-13,21,23H,6-11H2,1-3H3,(H,22,24). The molecule has 25 heavy (non-hydrogen) atoms. The number of aromatic nitrogens is 1. The molecule has 1 aromatic carbocycles. The average Bonchev–Trinajstić information content (AvgIpc) is 2.98. The zero-order chi connectivity index (χ0) is 18.1. The van der Waals surface area contributed by atoms with Gasteiger partial charge in [-0.05, 0) is 48.4 Å². The van der Waals surface area contributed by atoms with Crippen molar-refractivity contribution in [3.8, 4) is 0 Å². The largest absolute Gasteiger partial charge is 0.396 e. The molecule has 1 amide bonds. The number of amides is 1. The summed E-state index contributed by atoms with van der Waals surface area (Å²) < 4.78 is 5.41.